The van der Waals surface area contributed by atoms with Gasteiger partial charge in [-0.25, -0.2) is 4.98 Å². The lowest BCUT2D eigenvalue weighted by molar-refractivity contribution is 0.281. The van der Waals surface area contributed by atoms with E-state index in [-0.39, 0.29) is 12.0 Å². The van der Waals surface area contributed by atoms with E-state index in [1.807, 2.05) is 23.1 Å². The first-order valence-electron chi connectivity index (χ1n) is 8.25. The van der Waals surface area contributed by atoms with Crippen LogP contribution in [0.5, 0.6) is 5.75 Å². The predicted molar refractivity (Wildman–Crippen MR) is 102 cm³/mol. The number of hydrogen-bond donors (Lipinski definition) is 2. The lowest BCUT2D eigenvalue weighted by Gasteiger charge is -2.40. The van der Waals surface area contributed by atoms with Gasteiger partial charge in [0.25, 0.3) is 0 Å². The average molecular weight is 421 g/mol. The molecule has 3 N–H and O–H groups in total. The fourth-order valence-corrected chi connectivity index (χ4v) is 3.24. The Bertz CT molecular complexity index is 770. The van der Waals surface area contributed by atoms with Crippen molar-refractivity contribution in [1.29, 1.82) is 0 Å². The van der Waals surface area contributed by atoms with E-state index in [4.69, 9.17) is 15.7 Å². The van der Waals surface area contributed by atoms with Gasteiger partial charge in [0.1, 0.15) is 18.2 Å². The molecular weight excluding hydrogens is 400 g/mol. The zero-order valence-electron chi connectivity index (χ0n) is 14.4. The molecule has 1 saturated heterocycles. The number of rotatable bonds is 4. The summed E-state index contributed by atoms with van der Waals surface area (Å²) in [5, 5.41) is 11.9. The highest BCUT2D eigenvalue weighted by molar-refractivity contribution is 9.10. The van der Waals surface area contributed by atoms with Crippen LogP contribution in [0, 0.1) is 0 Å². The molecule has 26 heavy (non-hydrogen) atoms. The van der Waals surface area contributed by atoms with Crippen molar-refractivity contribution >= 4 is 27.7 Å². The minimum absolute atomic E-state index is 0.149. The molecule has 0 amide bonds. The normalized spacial score (nSPS) is 18.1. The number of oxime groups is 1. The molecule has 1 unspecified atom stereocenters. The van der Waals surface area contributed by atoms with Crippen molar-refractivity contribution in [2.45, 2.75) is 19.6 Å². The minimum atomic E-state index is 0.149. The van der Waals surface area contributed by atoms with Gasteiger partial charge in [-0.3, -0.25) is 4.98 Å². The Balaban J connectivity index is 1.60. The van der Waals surface area contributed by atoms with Gasteiger partial charge in [0.15, 0.2) is 0 Å². The molecule has 1 aliphatic rings. The topological polar surface area (TPSA) is 100 Å². The second-order valence-corrected chi connectivity index (χ2v) is 6.91. The van der Waals surface area contributed by atoms with Gasteiger partial charge < -0.3 is 25.5 Å². The first-order valence-corrected chi connectivity index (χ1v) is 9.04. The first-order chi connectivity index (χ1) is 12.6. The van der Waals surface area contributed by atoms with Gasteiger partial charge in [-0.2, -0.15) is 0 Å². The monoisotopic (exact) mass is 420 g/mol. The van der Waals surface area contributed by atoms with Crippen molar-refractivity contribution in [3.05, 3.63) is 46.8 Å². The Morgan fingerprint density at radius 3 is 2.88 bits per heavy atom. The fraction of sp³-hybridized carbons (Fsp3) is 0.353. The van der Waals surface area contributed by atoms with E-state index in [1.54, 1.807) is 18.6 Å². The number of ether oxygens (including phenoxy) is 1. The Morgan fingerprint density at radius 2 is 2.23 bits per heavy atom. The van der Waals surface area contributed by atoms with Crippen LogP contribution in [-0.4, -0.2) is 51.7 Å². The highest BCUT2D eigenvalue weighted by Gasteiger charge is 2.25. The maximum Gasteiger partial charge on any atom is 0.233 e. The van der Waals surface area contributed by atoms with Crippen molar-refractivity contribution in [3.63, 3.8) is 0 Å². The molecule has 0 aromatic carbocycles. The van der Waals surface area contributed by atoms with Crippen LogP contribution in [0.25, 0.3) is 0 Å². The molecule has 2 aromatic heterocycles. The molecule has 3 rings (SSSR count). The second kappa shape index (κ2) is 8.22. The standard InChI is InChI=1S/C17H21BrN6O2/c1-12-10-23(17(19)22-25)6-7-24(12)16-3-2-14(8-21-16)26-11-13-4-5-20-9-15(13)18/h2-5,8-9,12,25H,6-7,10-11H2,1H3,(H2,19,22). The highest BCUT2D eigenvalue weighted by Crippen LogP contribution is 2.22. The molecule has 8 nitrogen and oxygen atoms in total. The molecule has 2 aromatic rings. The van der Waals surface area contributed by atoms with Crippen LogP contribution in [0.15, 0.2) is 46.4 Å². The Hall–Kier alpha value is -2.55. The van der Waals surface area contributed by atoms with Gasteiger partial charge in [-0.1, -0.05) is 5.16 Å². The third kappa shape index (κ3) is 4.16. The second-order valence-electron chi connectivity index (χ2n) is 6.05. The van der Waals surface area contributed by atoms with Crippen LogP contribution < -0.4 is 15.4 Å². The van der Waals surface area contributed by atoms with Crippen molar-refractivity contribution in [1.82, 2.24) is 14.9 Å². The number of piperazine rings is 1. The summed E-state index contributed by atoms with van der Waals surface area (Å²) in [5.74, 6) is 1.74. The van der Waals surface area contributed by atoms with E-state index in [0.717, 1.165) is 22.4 Å². The summed E-state index contributed by atoms with van der Waals surface area (Å²) in [7, 11) is 0. The molecule has 0 bridgehead atoms. The van der Waals surface area contributed by atoms with Gasteiger partial charge in [-0.15, -0.1) is 0 Å². The Morgan fingerprint density at radius 1 is 1.38 bits per heavy atom. The van der Waals surface area contributed by atoms with E-state index in [9.17, 15) is 0 Å². The van der Waals surface area contributed by atoms with Gasteiger partial charge in [-0.05, 0) is 41.1 Å². The summed E-state index contributed by atoms with van der Waals surface area (Å²) < 4.78 is 6.72. The summed E-state index contributed by atoms with van der Waals surface area (Å²) in [6.07, 6.45) is 5.21. The fourth-order valence-electron chi connectivity index (χ4n) is 2.88. The lowest BCUT2D eigenvalue weighted by Crippen LogP contribution is -2.55. The van der Waals surface area contributed by atoms with Crippen LogP contribution in [-0.2, 0) is 6.61 Å². The van der Waals surface area contributed by atoms with E-state index >= 15 is 0 Å². The molecule has 0 radical (unpaired) electrons. The maximum absolute atomic E-state index is 8.81. The van der Waals surface area contributed by atoms with Gasteiger partial charge >= 0.3 is 0 Å². The molecule has 0 spiro atoms. The molecule has 1 aliphatic heterocycles. The molecule has 0 aliphatic carbocycles. The quantitative estimate of drug-likeness (QED) is 0.337. The van der Waals surface area contributed by atoms with E-state index in [0.29, 0.717) is 25.4 Å². The molecule has 1 atom stereocenters. The van der Waals surface area contributed by atoms with Crippen molar-refractivity contribution in [2.24, 2.45) is 10.9 Å². The number of pyridine rings is 2. The molecule has 138 valence electrons. The van der Waals surface area contributed by atoms with Crippen LogP contribution in [0.4, 0.5) is 5.82 Å². The average Bonchev–Trinajstić information content (AvgIpc) is 2.67. The minimum Gasteiger partial charge on any atom is -0.487 e. The predicted octanol–water partition coefficient (Wildman–Crippen LogP) is 2.03. The number of nitrogens with zero attached hydrogens (tertiary/aromatic N) is 5. The van der Waals surface area contributed by atoms with Crippen LogP contribution >= 0.6 is 15.9 Å². The number of anilines is 1. The zero-order chi connectivity index (χ0) is 18.5. The smallest absolute Gasteiger partial charge is 0.233 e. The van der Waals surface area contributed by atoms with Crippen LogP contribution in [0.3, 0.4) is 0 Å². The number of aromatic nitrogens is 2. The summed E-state index contributed by atoms with van der Waals surface area (Å²) in [4.78, 5) is 12.6. The number of hydrogen-bond acceptors (Lipinski definition) is 6. The van der Waals surface area contributed by atoms with Crippen molar-refractivity contribution in [2.75, 3.05) is 24.5 Å². The van der Waals surface area contributed by atoms with E-state index < -0.39 is 0 Å². The van der Waals surface area contributed by atoms with Crippen molar-refractivity contribution in [3.8, 4) is 5.75 Å². The van der Waals surface area contributed by atoms with Crippen molar-refractivity contribution < 1.29 is 9.94 Å². The largest absolute Gasteiger partial charge is 0.487 e. The molecule has 0 saturated carbocycles. The van der Waals surface area contributed by atoms with Crippen LogP contribution in [0.2, 0.25) is 0 Å². The number of nitrogens with two attached hydrogens (primary N) is 1. The van der Waals surface area contributed by atoms with E-state index in [2.05, 4.69) is 42.9 Å². The van der Waals surface area contributed by atoms with Crippen LogP contribution in [0.1, 0.15) is 12.5 Å². The van der Waals surface area contributed by atoms with Gasteiger partial charge in [0, 0.05) is 48.1 Å². The molecule has 9 heteroatoms. The summed E-state index contributed by atoms with van der Waals surface area (Å²) >= 11 is 3.46. The highest BCUT2D eigenvalue weighted by atomic mass is 79.9. The lowest BCUT2D eigenvalue weighted by atomic mass is 10.2. The maximum atomic E-state index is 8.81. The van der Waals surface area contributed by atoms with E-state index in [1.165, 1.54) is 0 Å². The van der Waals surface area contributed by atoms with Gasteiger partial charge in [0.2, 0.25) is 5.96 Å². The molecular formula is C17H21BrN6O2. The molecule has 3 heterocycles. The summed E-state index contributed by atoms with van der Waals surface area (Å²) in [6, 6.07) is 5.97. The molecule has 1 fully saturated rings. The first kappa shape index (κ1) is 18.2. The summed E-state index contributed by atoms with van der Waals surface area (Å²) in [5.41, 5.74) is 6.70. The third-order valence-electron chi connectivity index (χ3n) is 4.32. The SMILES string of the molecule is CC1CN(C(N)=NO)CCN1c1ccc(OCc2ccncc2Br)cn1. The number of guanidine groups is 1. The Kier molecular flexibility index (Phi) is 5.77. The van der Waals surface area contributed by atoms with Gasteiger partial charge in [0.05, 0.1) is 6.20 Å². The third-order valence-corrected chi connectivity index (χ3v) is 5.03. The summed E-state index contributed by atoms with van der Waals surface area (Å²) in [6.45, 7) is 4.62. The Labute approximate surface area is 160 Å². The zero-order valence-corrected chi connectivity index (χ0v) is 16.0. The number of halogens is 1.